The third-order valence-corrected chi connectivity index (χ3v) is 4.82. The summed E-state index contributed by atoms with van der Waals surface area (Å²) in [5.74, 6) is 2.08. The Balaban J connectivity index is 2.28. The summed E-state index contributed by atoms with van der Waals surface area (Å²) < 4.78 is 26.8. The van der Waals surface area contributed by atoms with Gasteiger partial charge in [-0.15, -0.1) is 6.42 Å². The Bertz CT molecular complexity index is 694. The second-order valence-corrected chi connectivity index (χ2v) is 6.73. The van der Waals surface area contributed by atoms with Crippen LogP contribution in [0.25, 0.3) is 0 Å². The van der Waals surface area contributed by atoms with E-state index in [0.717, 1.165) is 9.87 Å². The topological polar surface area (TPSA) is 69.7 Å². The summed E-state index contributed by atoms with van der Waals surface area (Å²) in [6.07, 6.45) is 5.33. The second-order valence-electron chi connectivity index (χ2n) is 4.92. The molecule has 1 aliphatic heterocycles. The minimum Gasteiger partial charge on any atom is -0.299 e. The molecule has 1 atom stereocenters. The number of nitrogens with zero attached hydrogens (tertiary/aromatic N) is 2. The zero-order valence-corrected chi connectivity index (χ0v) is 12.7. The predicted octanol–water partition coefficient (Wildman–Crippen LogP) is 0.110. The molecule has 1 aromatic carbocycles. The molecule has 0 aliphatic carbocycles. The van der Waals surface area contributed by atoms with Gasteiger partial charge in [0.05, 0.1) is 6.54 Å². The van der Waals surface area contributed by atoms with Gasteiger partial charge in [-0.25, -0.2) is 0 Å². The first-order valence-corrected chi connectivity index (χ1v) is 7.84. The third-order valence-electron chi connectivity index (χ3n) is 3.27. The van der Waals surface area contributed by atoms with E-state index in [-0.39, 0.29) is 19.0 Å². The molecule has 1 aliphatic rings. The third kappa shape index (κ3) is 3.24. The summed E-state index contributed by atoms with van der Waals surface area (Å²) in [6.45, 7) is 2.09. The number of benzene rings is 1. The van der Waals surface area contributed by atoms with Gasteiger partial charge in [-0.1, -0.05) is 18.1 Å². The Morgan fingerprint density at radius 2 is 2.29 bits per heavy atom. The zero-order chi connectivity index (χ0) is 15.6. The first kappa shape index (κ1) is 15.5. The maximum Gasteiger partial charge on any atom is 0.280 e. The maximum absolute atomic E-state index is 12.6. The molecule has 1 heterocycles. The molecule has 1 saturated heterocycles. The minimum atomic E-state index is -3.57. The first-order chi connectivity index (χ1) is 9.85. The highest BCUT2D eigenvalue weighted by atomic mass is 32.2. The number of hydrogen-bond acceptors (Lipinski definition) is 3. The highest BCUT2D eigenvalue weighted by molar-refractivity contribution is 7.87. The fourth-order valence-electron chi connectivity index (χ4n) is 2.16. The summed E-state index contributed by atoms with van der Waals surface area (Å²) in [5, 5.41) is 0. The van der Waals surface area contributed by atoms with Gasteiger partial charge in [0.1, 0.15) is 6.04 Å². The molecule has 2 rings (SSSR count). The Labute approximate surface area is 124 Å². The van der Waals surface area contributed by atoms with Crippen LogP contribution in [0.1, 0.15) is 5.56 Å². The summed E-state index contributed by atoms with van der Waals surface area (Å²) in [4.78, 5) is 14.0. The predicted molar refractivity (Wildman–Crippen MR) is 80.8 cm³/mol. The Kier molecular flexibility index (Phi) is 4.32. The molecule has 0 saturated carbocycles. The van der Waals surface area contributed by atoms with Crippen LogP contribution >= 0.6 is 0 Å². The van der Waals surface area contributed by atoms with Gasteiger partial charge in [0.15, 0.2) is 0 Å². The molecule has 112 valence electrons. The quantitative estimate of drug-likeness (QED) is 0.806. The van der Waals surface area contributed by atoms with Crippen molar-refractivity contribution in [3.05, 3.63) is 29.8 Å². The number of carbonyl (C=O) groups is 1. The molecule has 7 heteroatoms. The number of terminal acetylenes is 1. The lowest BCUT2D eigenvalue weighted by Gasteiger charge is -2.23. The Morgan fingerprint density at radius 3 is 2.81 bits per heavy atom. The number of carbonyl (C=O) groups excluding carboxylic acids is 1. The Hall–Kier alpha value is -1.88. The number of anilines is 1. The smallest absolute Gasteiger partial charge is 0.280 e. The molecule has 21 heavy (non-hydrogen) atoms. The molecule has 0 spiro atoms. The average Bonchev–Trinajstić information content (AvgIpc) is 2.69. The van der Waals surface area contributed by atoms with Crippen LogP contribution in [0, 0.1) is 19.3 Å². The van der Waals surface area contributed by atoms with E-state index in [2.05, 4.69) is 10.6 Å². The van der Waals surface area contributed by atoms with Gasteiger partial charge in [0.25, 0.3) is 10.2 Å². The number of nitrogens with one attached hydrogen (secondary N) is 1. The molecule has 0 unspecified atom stereocenters. The molecular weight excluding hydrogens is 290 g/mol. The molecular formula is C14H17N3O3S. The van der Waals surface area contributed by atoms with Crippen molar-refractivity contribution in [1.29, 1.82) is 0 Å². The van der Waals surface area contributed by atoms with E-state index in [1.54, 1.807) is 6.07 Å². The Morgan fingerprint density at radius 1 is 1.57 bits per heavy atom. The van der Waals surface area contributed by atoms with Crippen LogP contribution in [0.4, 0.5) is 5.69 Å². The summed E-state index contributed by atoms with van der Waals surface area (Å²) in [7, 11) is -2.15. The van der Waals surface area contributed by atoms with E-state index in [1.807, 2.05) is 25.1 Å². The molecule has 0 radical (unpaired) electrons. The maximum atomic E-state index is 12.6. The van der Waals surface area contributed by atoms with Crippen molar-refractivity contribution in [3.8, 4) is 12.3 Å². The number of hydrogen-bond donors (Lipinski definition) is 1. The SMILES string of the molecule is C#CCN(C(=O)[C@@H]1CN(C)S(=O)(=O)N1)c1cccc(C)c1. The van der Waals surface area contributed by atoms with E-state index in [1.165, 1.54) is 11.9 Å². The summed E-state index contributed by atoms with van der Waals surface area (Å²) in [6, 6.07) is 6.52. The highest BCUT2D eigenvalue weighted by Crippen LogP contribution is 2.19. The lowest BCUT2D eigenvalue weighted by Crippen LogP contribution is -2.46. The van der Waals surface area contributed by atoms with Gasteiger partial charge in [0.2, 0.25) is 5.91 Å². The molecule has 6 nitrogen and oxygen atoms in total. The average molecular weight is 307 g/mol. The van der Waals surface area contributed by atoms with Crippen LogP contribution < -0.4 is 9.62 Å². The fourth-order valence-corrected chi connectivity index (χ4v) is 3.22. The number of rotatable bonds is 3. The van der Waals surface area contributed by atoms with Gasteiger partial charge in [-0.2, -0.15) is 17.4 Å². The van der Waals surface area contributed by atoms with E-state index in [0.29, 0.717) is 5.69 Å². The zero-order valence-electron chi connectivity index (χ0n) is 11.9. The van der Waals surface area contributed by atoms with Crippen LogP contribution in [0.5, 0.6) is 0 Å². The van der Waals surface area contributed by atoms with E-state index >= 15 is 0 Å². The van der Waals surface area contributed by atoms with E-state index in [9.17, 15) is 13.2 Å². The lowest BCUT2D eigenvalue weighted by atomic mass is 10.2. The lowest BCUT2D eigenvalue weighted by molar-refractivity contribution is -0.119. The van der Waals surface area contributed by atoms with Crippen LogP contribution in [0.2, 0.25) is 0 Å². The van der Waals surface area contributed by atoms with Crippen LogP contribution in [0.3, 0.4) is 0 Å². The van der Waals surface area contributed by atoms with Crippen molar-refractivity contribution in [2.24, 2.45) is 0 Å². The van der Waals surface area contributed by atoms with Crippen LogP contribution in [0.15, 0.2) is 24.3 Å². The van der Waals surface area contributed by atoms with E-state index < -0.39 is 16.3 Å². The first-order valence-electron chi connectivity index (χ1n) is 6.40. The van der Waals surface area contributed by atoms with Crippen molar-refractivity contribution in [2.45, 2.75) is 13.0 Å². The second kappa shape index (κ2) is 5.85. The van der Waals surface area contributed by atoms with Crippen molar-refractivity contribution in [3.63, 3.8) is 0 Å². The molecule has 1 aromatic rings. The molecule has 1 fully saturated rings. The number of aryl methyl sites for hydroxylation is 1. The largest absolute Gasteiger partial charge is 0.299 e. The summed E-state index contributed by atoms with van der Waals surface area (Å²) in [5.41, 5.74) is 1.65. The van der Waals surface area contributed by atoms with Crippen molar-refractivity contribution >= 4 is 21.8 Å². The molecule has 1 amide bonds. The van der Waals surface area contributed by atoms with Crippen LogP contribution in [-0.2, 0) is 15.0 Å². The fraction of sp³-hybridized carbons (Fsp3) is 0.357. The highest BCUT2D eigenvalue weighted by Gasteiger charge is 2.38. The van der Waals surface area contributed by atoms with Gasteiger partial charge in [0, 0.05) is 19.3 Å². The van der Waals surface area contributed by atoms with Gasteiger partial charge in [-0.3, -0.25) is 9.69 Å². The monoisotopic (exact) mass is 307 g/mol. The van der Waals surface area contributed by atoms with Crippen LogP contribution in [-0.4, -0.2) is 44.8 Å². The van der Waals surface area contributed by atoms with Crippen molar-refractivity contribution < 1.29 is 13.2 Å². The number of likely N-dealkylation sites (N-methyl/N-ethyl adjacent to an activating group) is 1. The summed E-state index contributed by atoms with van der Waals surface area (Å²) >= 11 is 0. The molecule has 0 bridgehead atoms. The van der Waals surface area contributed by atoms with Crippen molar-refractivity contribution in [1.82, 2.24) is 9.03 Å². The molecule has 0 aromatic heterocycles. The van der Waals surface area contributed by atoms with E-state index in [4.69, 9.17) is 6.42 Å². The van der Waals surface area contributed by atoms with Crippen molar-refractivity contribution in [2.75, 3.05) is 25.0 Å². The van der Waals surface area contributed by atoms with Gasteiger partial charge in [-0.05, 0) is 24.6 Å². The standard InChI is InChI=1S/C14H17N3O3S/c1-4-8-17(12-7-5-6-11(2)9-12)14(18)13-10-16(3)21(19,20)15-13/h1,5-7,9,13,15H,8,10H2,2-3H3/t13-/m0/s1. The van der Waals surface area contributed by atoms with Gasteiger partial charge < -0.3 is 0 Å². The van der Waals surface area contributed by atoms with Gasteiger partial charge >= 0.3 is 0 Å². The molecule has 1 N–H and O–H groups in total. The number of amides is 1. The normalized spacial score (nSPS) is 20.9. The minimum absolute atomic E-state index is 0.0875.